The van der Waals surface area contributed by atoms with E-state index in [0.717, 1.165) is 12.0 Å². The van der Waals surface area contributed by atoms with Crippen molar-refractivity contribution in [3.05, 3.63) is 59.7 Å². The molecule has 10 atom stereocenters. The third-order valence-electron chi connectivity index (χ3n) is 9.95. The molecule has 1 aliphatic carbocycles. The topological polar surface area (TPSA) is 168 Å². The predicted octanol–water partition coefficient (Wildman–Crippen LogP) is 2.61. The summed E-state index contributed by atoms with van der Waals surface area (Å²) in [5.41, 5.74) is 0.910. The van der Waals surface area contributed by atoms with E-state index in [1.807, 2.05) is 27.0 Å². The zero-order valence-corrected chi connectivity index (χ0v) is 29.1. The van der Waals surface area contributed by atoms with Crippen molar-refractivity contribution in [3.63, 3.8) is 0 Å². The molecule has 270 valence electrons. The number of hydrogen-bond donors (Lipinski definition) is 3. The smallest absolute Gasteiger partial charge is 0.331 e. The zero-order chi connectivity index (χ0) is 35.5. The minimum absolute atomic E-state index is 0.116. The van der Waals surface area contributed by atoms with Gasteiger partial charge in [-0.15, -0.1) is 0 Å². The molecule has 49 heavy (non-hydrogen) atoms. The largest absolute Gasteiger partial charge is 0.456 e. The number of nitrogens with zero attached hydrogens (tertiary/aromatic N) is 2. The van der Waals surface area contributed by atoms with Crippen molar-refractivity contribution in [2.24, 2.45) is 30.7 Å². The van der Waals surface area contributed by atoms with Gasteiger partial charge in [-0.1, -0.05) is 26.0 Å². The second-order valence-corrected chi connectivity index (χ2v) is 13.8. The van der Waals surface area contributed by atoms with E-state index in [-0.39, 0.29) is 50.1 Å². The van der Waals surface area contributed by atoms with Crippen molar-refractivity contribution in [3.8, 4) is 0 Å². The quantitative estimate of drug-likeness (QED) is 0.177. The minimum Gasteiger partial charge on any atom is -0.456 e. The monoisotopic (exact) mass is 686 g/mol. The molecule has 0 radical (unpaired) electrons. The Labute approximate surface area is 287 Å². The summed E-state index contributed by atoms with van der Waals surface area (Å²) in [5.74, 6) is -2.61. The van der Waals surface area contributed by atoms with Crippen molar-refractivity contribution in [2.45, 2.75) is 89.6 Å². The maximum absolute atomic E-state index is 13.3. The van der Waals surface area contributed by atoms with Gasteiger partial charge in [0, 0.05) is 38.4 Å². The molecular formula is C36H50N2O11. The normalized spacial score (nSPS) is 37.1. The molecule has 3 aliphatic heterocycles. The van der Waals surface area contributed by atoms with Crippen LogP contribution in [0.3, 0.4) is 0 Å². The number of aliphatic hydroxyl groups is 3. The van der Waals surface area contributed by atoms with E-state index in [9.17, 15) is 24.9 Å². The average Bonchev–Trinajstić information content (AvgIpc) is 3.64. The lowest BCUT2D eigenvalue weighted by Crippen LogP contribution is -2.55. The summed E-state index contributed by atoms with van der Waals surface area (Å²) in [6.45, 7) is 8.97. The Hall–Kier alpha value is -3.17. The molecule has 13 nitrogen and oxygen atoms in total. The average molecular weight is 687 g/mol. The van der Waals surface area contributed by atoms with E-state index < -0.39 is 54.0 Å². The van der Waals surface area contributed by atoms with Crippen LogP contribution in [-0.2, 0) is 45.1 Å². The third kappa shape index (κ3) is 8.09. The summed E-state index contributed by atoms with van der Waals surface area (Å²) < 4.78 is 38.5. The van der Waals surface area contributed by atoms with Gasteiger partial charge >= 0.3 is 11.9 Å². The number of aryl methyl sites for hydroxylation is 1. The number of imidazole rings is 1. The van der Waals surface area contributed by atoms with Crippen LogP contribution in [0.25, 0.3) is 6.08 Å². The lowest BCUT2D eigenvalue weighted by atomic mass is 9.65. The first-order chi connectivity index (χ1) is 23.3. The van der Waals surface area contributed by atoms with Gasteiger partial charge in [0.1, 0.15) is 23.9 Å². The Bertz CT molecular complexity index is 1470. The number of fused-ring (bicyclic) bond motifs is 3. The van der Waals surface area contributed by atoms with E-state index >= 15 is 0 Å². The number of aromatic nitrogens is 2. The molecule has 4 heterocycles. The van der Waals surface area contributed by atoms with Crippen LogP contribution in [-0.4, -0.2) is 105 Å². The number of hydrogen-bond acceptors (Lipinski definition) is 12. The maximum Gasteiger partial charge on any atom is 0.331 e. The van der Waals surface area contributed by atoms with Crippen LogP contribution in [0.1, 0.15) is 53.2 Å². The summed E-state index contributed by atoms with van der Waals surface area (Å²) in [4.78, 5) is 29.5. The Balaban J connectivity index is 1.53. The summed E-state index contributed by atoms with van der Waals surface area (Å²) >= 11 is 0. The molecule has 3 N–H and O–H groups in total. The Kier molecular flexibility index (Phi) is 11.6. The summed E-state index contributed by atoms with van der Waals surface area (Å²) in [6, 6.07) is 0. The standard InChI is InChI=1S/C36H50N2O11/c1-7-46-36-13-12-35(5,49-36)30(48-31(42)11-9-25-16-38(6)20-37-25)15-27-23(17-39)8-10-26(21(2)3)28(27)14-24(36)18-44-34-33(47-22(4)40)32(43)29(41)19-45-34/h8-9,11-14,16,20-21,26-30,32-34,39,41,43H,7,10,15,17-19H2,1-6H3/b11-9+,24-14-/t26-,27+,28-,29?,30+,32?,33?,34?,35+,36-/m1/s1. The first-order valence-electron chi connectivity index (χ1n) is 17.0. The molecule has 0 aromatic carbocycles. The number of carbonyl (C=O) groups is 2. The van der Waals surface area contributed by atoms with Crippen molar-refractivity contribution >= 4 is 18.0 Å². The Morgan fingerprint density at radius 2 is 2.00 bits per heavy atom. The van der Waals surface area contributed by atoms with E-state index in [1.54, 1.807) is 29.2 Å². The van der Waals surface area contributed by atoms with Crippen molar-refractivity contribution in [1.29, 1.82) is 0 Å². The molecule has 1 fully saturated rings. The fourth-order valence-electron chi connectivity index (χ4n) is 7.37. The Morgan fingerprint density at radius 1 is 1.22 bits per heavy atom. The lowest BCUT2D eigenvalue weighted by molar-refractivity contribution is -0.278. The number of esters is 2. The predicted molar refractivity (Wildman–Crippen MR) is 176 cm³/mol. The molecule has 4 aliphatic rings. The van der Waals surface area contributed by atoms with Gasteiger partial charge in [0.25, 0.3) is 0 Å². The summed E-state index contributed by atoms with van der Waals surface area (Å²) in [6.07, 6.45) is 9.35. The van der Waals surface area contributed by atoms with E-state index in [4.69, 9.17) is 28.4 Å². The summed E-state index contributed by atoms with van der Waals surface area (Å²) in [7, 11) is 1.84. The fraction of sp³-hybridized carbons (Fsp3) is 0.639. The molecule has 1 saturated heterocycles. The van der Waals surface area contributed by atoms with Gasteiger partial charge in [0.2, 0.25) is 5.79 Å². The highest BCUT2D eigenvalue weighted by molar-refractivity contribution is 5.86. The van der Waals surface area contributed by atoms with Gasteiger partial charge < -0.3 is 48.3 Å². The number of carbonyl (C=O) groups excluding carboxylic acids is 2. The van der Waals surface area contributed by atoms with Gasteiger partial charge in [0.15, 0.2) is 12.4 Å². The molecule has 0 spiro atoms. The second kappa shape index (κ2) is 15.4. The van der Waals surface area contributed by atoms with Crippen LogP contribution in [0.2, 0.25) is 0 Å². The first-order valence-corrected chi connectivity index (χ1v) is 17.0. The van der Waals surface area contributed by atoms with E-state index in [1.165, 1.54) is 13.0 Å². The number of ether oxygens (including phenoxy) is 6. The fourth-order valence-corrected chi connectivity index (χ4v) is 7.37. The highest BCUT2D eigenvalue weighted by Gasteiger charge is 2.54. The van der Waals surface area contributed by atoms with Crippen molar-refractivity contribution in [2.75, 3.05) is 26.4 Å². The molecule has 1 aromatic rings. The second-order valence-electron chi connectivity index (χ2n) is 13.8. The molecule has 1 aromatic heterocycles. The van der Waals surface area contributed by atoms with Crippen LogP contribution in [0.4, 0.5) is 0 Å². The van der Waals surface area contributed by atoms with Crippen LogP contribution in [0.15, 0.2) is 54.1 Å². The van der Waals surface area contributed by atoms with Crippen molar-refractivity contribution < 1.29 is 53.3 Å². The third-order valence-corrected chi connectivity index (χ3v) is 9.95. The van der Waals surface area contributed by atoms with Gasteiger partial charge in [-0.05, 0) is 74.2 Å². The molecular weight excluding hydrogens is 636 g/mol. The molecule has 5 rings (SSSR count). The molecule has 4 unspecified atom stereocenters. The molecule has 0 saturated carbocycles. The highest BCUT2D eigenvalue weighted by Crippen LogP contribution is 2.50. The summed E-state index contributed by atoms with van der Waals surface area (Å²) in [5, 5.41) is 31.4. The Morgan fingerprint density at radius 3 is 2.65 bits per heavy atom. The van der Waals surface area contributed by atoms with Crippen LogP contribution >= 0.6 is 0 Å². The molecule has 0 amide bonds. The van der Waals surface area contributed by atoms with Crippen LogP contribution in [0.5, 0.6) is 0 Å². The SMILES string of the molecule is CCO[C@]12C=C[C@](C)(O1)[C@@H](OC(=O)/C=C/c1cn(C)cn1)C[C@H]1C(CO)=CC[C@H](C(C)C)[C@H]1/C=C\2COC1OCC(O)C(O)C1OC(C)=O. The lowest BCUT2D eigenvalue weighted by Gasteiger charge is -2.41. The molecule has 2 bridgehead atoms. The van der Waals surface area contributed by atoms with Crippen molar-refractivity contribution in [1.82, 2.24) is 9.55 Å². The maximum atomic E-state index is 13.3. The number of aliphatic hydroxyl groups excluding tert-OH is 3. The first kappa shape index (κ1) is 37.1. The number of rotatable bonds is 11. The van der Waals surface area contributed by atoms with Crippen LogP contribution < -0.4 is 0 Å². The number of allylic oxidation sites excluding steroid dienone is 2. The molecule has 13 heteroatoms. The minimum atomic E-state index is -1.43. The van der Waals surface area contributed by atoms with Gasteiger partial charge in [-0.2, -0.15) is 0 Å². The van der Waals surface area contributed by atoms with Gasteiger partial charge in [-0.3, -0.25) is 4.79 Å². The van der Waals surface area contributed by atoms with Gasteiger partial charge in [0.05, 0.1) is 31.8 Å². The van der Waals surface area contributed by atoms with Gasteiger partial charge in [-0.25, -0.2) is 9.78 Å². The zero-order valence-electron chi connectivity index (χ0n) is 29.1. The van der Waals surface area contributed by atoms with E-state index in [2.05, 4.69) is 31.0 Å². The highest BCUT2D eigenvalue weighted by atomic mass is 16.7. The van der Waals surface area contributed by atoms with Crippen LogP contribution in [0, 0.1) is 23.7 Å². The van der Waals surface area contributed by atoms with E-state index in [0.29, 0.717) is 17.7 Å².